The molecule has 0 aliphatic rings. The molecule has 0 amide bonds. The SMILES string of the molecule is CCOC(=O)[C@H](C#N)c1nc(C)nc2c1nnn2Cc1ccccc1Cl. The summed E-state index contributed by atoms with van der Waals surface area (Å²) >= 11 is 6.21. The van der Waals surface area contributed by atoms with Gasteiger partial charge in [0.05, 0.1) is 19.2 Å². The van der Waals surface area contributed by atoms with E-state index in [9.17, 15) is 10.1 Å². The number of hydrogen-bond acceptors (Lipinski definition) is 7. The van der Waals surface area contributed by atoms with Crippen molar-refractivity contribution in [2.75, 3.05) is 6.61 Å². The first-order chi connectivity index (χ1) is 12.5. The zero-order valence-electron chi connectivity index (χ0n) is 14.2. The standard InChI is InChI=1S/C17H15ClN6O2/c1-3-26-17(25)12(8-19)14-15-16(21-10(2)20-14)24(23-22-15)9-11-6-4-5-7-13(11)18/h4-7,12H,3,9H2,1-2H3/t12-/m1/s1. The summed E-state index contributed by atoms with van der Waals surface area (Å²) in [4.78, 5) is 20.7. The second-order valence-corrected chi connectivity index (χ2v) is 5.89. The molecule has 0 aliphatic heterocycles. The van der Waals surface area contributed by atoms with Crippen LogP contribution < -0.4 is 0 Å². The van der Waals surface area contributed by atoms with Gasteiger partial charge < -0.3 is 4.74 Å². The Morgan fingerprint density at radius 3 is 2.85 bits per heavy atom. The third kappa shape index (κ3) is 3.34. The van der Waals surface area contributed by atoms with Gasteiger partial charge in [-0.3, -0.25) is 4.79 Å². The van der Waals surface area contributed by atoms with E-state index >= 15 is 0 Å². The lowest BCUT2D eigenvalue weighted by molar-refractivity contribution is -0.143. The molecular formula is C17H15ClN6O2. The summed E-state index contributed by atoms with van der Waals surface area (Å²) in [6, 6.07) is 9.30. The third-order valence-corrected chi connectivity index (χ3v) is 4.07. The van der Waals surface area contributed by atoms with Crippen LogP contribution in [0.5, 0.6) is 0 Å². The van der Waals surface area contributed by atoms with Gasteiger partial charge in [-0.05, 0) is 25.5 Å². The minimum absolute atomic E-state index is 0.170. The Balaban J connectivity index is 2.08. The first kappa shape index (κ1) is 17.8. The minimum atomic E-state index is -1.19. The van der Waals surface area contributed by atoms with Crippen molar-refractivity contribution in [2.24, 2.45) is 0 Å². The topological polar surface area (TPSA) is 107 Å². The fourth-order valence-corrected chi connectivity index (χ4v) is 2.73. The number of ether oxygens (including phenoxy) is 1. The molecule has 3 aromatic rings. The molecule has 9 heteroatoms. The van der Waals surface area contributed by atoms with E-state index in [1.165, 1.54) is 0 Å². The summed E-state index contributed by atoms with van der Waals surface area (Å²) < 4.78 is 6.53. The Hall–Kier alpha value is -3.05. The summed E-state index contributed by atoms with van der Waals surface area (Å²) in [5.41, 5.74) is 1.76. The quantitative estimate of drug-likeness (QED) is 0.634. The van der Waals surface area contributed by atoms with Crippen molar-refractivity contribution >= 4 is 28.7 Å². The van der Waals surface area contributed by atoms with E-state index in [1.54, 1.807) is 24.6 Å². The number of carbonyl (C=O) groups excluding carboxylic acids is 1. The van der Waals surface area contributed by atoms with Crippen LogP contribution in [0.2, 0.25) is 5.02 Å². The number of esters is 1. The fraction of sp³-hybridized carbons (Fsp3) is 0.294. The average molecular weight is 371 g/mol. The van der Waals surface area contributed by atoms with Crippen LogP contribution in [0, 0.1) is 18.3 Å². The van der Waals surface area contributed by atoms with E-state index in [1.807, 2.05) is 24.3 Å². The van der Waals surface area contributed by atoms with Gasteiger partial charge in [-0.1, -0.05) is 35.0 Å². The van der Waals surface area contributed by atoms with Gasteiger partial charge in [0.15, 0.2) is 17.1 Å². The highest BCUT2D eigenvalue weighted by atomic mass is 35.5. The maximum absolute atomic E-state index is 12.1. The Morgan fingerprint density at radius 1 is 1.38 bits per heavy atom. The summed E-state index contributed by atoms with van der Waals surface area (Å²) in [6.45, 7) is 3.87. The minimum Gasteiger partial charge on any atom is -0.465 e. The largest absolute Gasteiger partial charge is 0.465 e. The van der Waals surface area contributed by atoms with E-state index in [0.717, 1.165) is 5.56 Å². The van der Waals surface area contributed by atoms with Crippen LogP contribution in [0.4, 0.5) is 0 Å². The number of nitrogens with zero attached hydrogens (tertiary/aromatic N) is 6. The maximum Gasteiger partial charge on any atom is 0.329 e. The predicted molar refractivity (Wildman–Crippen MR) is 93.4 cm³/mol. The Kier molecular flexibility index (Phi) is 5.09. The van der Waals surface area contributed by atoms with Gasteiger partial charge in [-0.25, -0.2) is 14.6 Å². The molecule has 0 saturated carbocycles. The molecule has 2 aromatic heterocycles. The molecule has 1 atom stereocenters. The Morgan fingerprint density at radius 2 is 2.15 bits per heavy atom. The number of rotatable bonds is 5. The van der Waals surface area contributed by atoms with E-state index < -0.39 is 11.9 Å². The van der Waals surface area contributed by atoms with Crippen molar-refractivity contribution in [1.82, 2.24) is 25.0 Å². The maximum atomic E-state index is 12.1. The van der Waals surface area contributed by atoms with Gasteiger partial charge in [-0.15, -0.1) is 5.10 Å². The number of fused-ring (bicyclic) bond motifs is 1. The summed E-state index contributed by atoms with van der Waals surface area (Å²) in [7, 11) is 0. The summed E-state index contributed by atoms with van der Waals surface area (Å²) in [6.07, 6.45) is 0. The third-order valence-electron chi connectivity index (χ3n) is 3.70. The molecular weight excluding hydrogens is 356 g/mol. The molecule has 0 bridgehead atoms. The molecule has 0 unspecified atom stereocenters. The molecule has 0 spiro atoms. The van der Waals surface area contributed by atoms with E-state index in [4.69, 9.17) is 16.3 Å². The van der Waals surface area contributed by atoms with Crippen molar-refractivity contribution in [2.45, 2.75) is 26.3 Å². The molecule has 26 heavy (non-hydrogen) atoms. The van der Waals surface area contributed by atoms with Crippen molar-refractivity contribution in [3.63, 3.8) is 0 Å². The Bertz CT molecular complexity index is 1010. The van der Waals surface area contributed by atoms with Crippen LogP contribution in [0.25, 0.3) is 11.2 Å². The smallest absolute Gasteiger partial charge is 0.329 e. The first-order valence-corrected chi connectivity index (χ1v) is 8.30. The van der Waals surface area contributed by atoms with Gasteiger partial charge in [0.2, 0.25) is 0 Å². The highest BCUT2D eigenvalue weighted by molar-refractivity contribution is 6.31. The van der Waals surface area contributed by atoms with Crippen molar-refractivity contribution in [3.8, 4) is 6.07 Å². The summed E-state index contributed by atoms with van der Waals surface area (Å²) in [5.74, 6) is -1.46. The number of aromatic nitrogens is 5. The highest BCUT2D eigenvalue weighted by Crippen LogP contribution is 2.24. The molecule has 132 valence electrons. The van der Waals surface area contributed by atoms with Crippen molar-refractivity contribution in [1.29, 1.82) is 5.26 Å². The summed E-state index contributed by atoms with van der Waals surface area (Å²) in [5, 5.41) is 18.2. The van der Waals surface area contributed by atoms with Gasteiger partial charge in [0.1, 0.15) is 11.5 Å². The molecule has 0 aliphatic carbocycles. The molecule has 1 aromatic carbocycles. The number of carbonyl (C=O) groups is 1. The number of nitriles is 1. The molecule has 0 N–H and O–H groups in total. The van der Waals surface area contributed by atoms with Crippen molar-refractivity contribution in [3.05, 3.63) is 46.4 Å². The monoisotopic (exact) mass is 370 g/mol. The van der Waals surface area contributed by atoms with Crippen LogP contribution in [0.3, 0.4) is 0 Å². The number of halogens is 1. The lowest BCUT2D eigenvalue weighted by Gasteiger charge is -2.09. The predicted octanol–water partition coefficient (Wildman–Crippen LogP) is 2.40. The average Bonchev–Trinajstić information content (AvgIpc) is 3.00. The van der Waals surface area contributed by atoms with Crippen LogP contribution in [-0.4, -0.2) is 37.5 Å². The van der Waals surface area contributed by atoms with E-state index in [0.29, 0.717) is 28.6 Å². The second-order valence-electron chi connectivity index (χ2n) is 5.48. The zero-order chi connectivity index (χ0) is 18.7. The van der Waals surface area contributed by atoms with Crippen LogP contribution in [0.15, 0.2) is 24.3 Å². The van der Waals surface area contributed by atoms with Gasteiger partial charge >= 0.3 is 5.97 Å². The lowest BCUT2D eigenvalue weighted by Crippen LogP contribution is -2.17. The van der Waals surface area contributed by atoms with Gasteiger partial charge in [0.25, 0.3) is 0 Å². The second kappa shape index (κ2) is 7.45. The molecule has 2 heterocycles. The zero-order valence-corrected chi connectivity index (χ0v) is 14.9. The van der Waals surface area contributed by atoms with Crippen molar-refractivity contribution < 1.29 is 9.53 Å². The first-order valence-electron chi connectivity index (χ1n) is 7.92. The number of aryl methyl sites for hydroxylation is 1. The van der Waals surface area contributed by atoms with E-state index in [-0.39, 0.29) is 12.3 Å². The fourth-order valence-electron chi connectivity index (χ4n) is 2.54. The van der Waals surface area contributed by atoms with Crippen LogP contribution in [0.1, 0.15) is 29.9 Å². The highest BCUT2D eigenvalue weighted by Gasteiger charge is 2.28. The Labute approximate surface area is 154 Å². The van der Waals surface area contributed by atoms with Crippen LogP contribution in [-0.2, 0) is 16.1 Å². The molecule has 0 saturated heterocycles. The molecule has 0 radical (unpaired) electrons. The number of benzene rings is 1. The molecule has 3 rings (SSSR count). The lowest BCUT2D eigenvalue weighted by atomic mass is 10.1. The number of hydrogen-bond donors (Lipinski definition) is 0. The van der Waals surface area contributed by atoms with Gasteiger partial charge in [0, 0.05) is 5.02 Å². The molecule has 0 fully saturated rings. The van der Waals surface area contributed by atoms with Gasteiger partial charge in [-0.2, -0.15) is 5.26 Å². The molecule has 8 nitrogen and oxygen atoms in total. The normalized spacial score (nSPS) is 11.9. The van der Waals surface area contributed by atoms with E-state index in [2.05, 4.69) is 20.3 Å². The van der Waals surface area contributed by atoms with Crippen LogP contribution >= 0.6 is 11.6 Å².